The summed E-state index contributed by atoms with van der Waals surface area (Å²) >= 11 is 0. The van der Waals surface area contributed by atoms with E-state index in [1.165, 1.54) is 156 Å². The van der Waals surface area contributed by atoms with E-state index in [1.54, 1.807) is 0 Å². The van der Waals surface area contributed by atoms with E-state index in [9.17, 15) is 0 Å². The third-order valence-corrected chi connectivity index (χ3v) is 16.7. The molecule has 1 spiro atoms. The molecule has 14 rings (SSSR count). The molecule has 0 heteroatoms. The molecule has 0 aromatic heterocycles. The van der Waals surface area contributed by atoms with E-state index in [-0.39, 0.29) is 0 Å². The molecule has 0 saturated heterocycles. The second-order valence-electron chi connectivity index (χ2n) is 21.6. The molecule has 0 atom stereocenters. The van der Waals surface area contributed by atoms with Crippen molar-refractivity contribution >= 4 is 0 Å². The zero-order chi connectivity index (χ0) is 51.8. The van der Waals surface area contributed by atoms with Crippen molar-refractivity contribution in [1.29, 1.82) is 0 Å². The van der Waals surface area contributed by atoms with E-state index >= 15 is 0 Å². The molecular formula is C77H56. The van der Waals surface area contributed by atoms with Crippen LogP contribution in [-0.4, -0.2) is 0 Å². The summed E-state index contributed by atoms with van der Waals surface area (Å²) in [6, 6.07) is 101. The molecule has 0 fully saturated rings. The number of benzene rings is 12. The van der Waals surface area contributed by atoms with E-state index < -0.39 is 5.41 Å². The van der Waals surface area contributed by atoms with Crippen LogP contribution in [0, 0.1) is 27.7 Å². The van der Waals surface area contributed by atoms with Gasteiger partial charge in [0.2, 0.25) is 0 Å². The maximum Gasteiger partial charge on any atom is 0.0726 e. The van der Waals surface area contributed by atoms with Crippen molar-refractivity contribution in [3.63, 3.8) is 0 Å². The molecule has 0 unspecified atom stereocenters. The monoisotopic (exact) mass is 980 g/mol. The standard InChI is InChI=1S/C77H56/c1-49-5-13-53(14-6-49)57-21-29-61(30-22-57)65-37-41-69-70-42-38-66(62-31-23-58(24-32-62)54-15-7-50(2)8-16-54)46-74(70)77(73(69)45-65)75-47-67(63-33-25-59(26-34-63)55-17-9-51(3)10-18-55)39-43-71(75)72-44-40-68(48-76(72)77)64-35-27-60(28-36-64)56-19-11-52(4)12-20-56/h5-48H,1-4H3. The summed E-state index contributed by atoms with van der Waals surface area (Å²) in [7, 11) is 0. The van der Waals surface area contributed by atoms with Gasteiger partial charge in [-0.05, 0) is 185 Å². The van der Waals surface area contributed by atoms with Gasteiger partial charge >= 0.3 is 0 Å². The summed E-state index contributed by atoms with van der Waals surface area (Å²) in [5.41, 5.74) is 34.2. The number of aryl methyl sites for hydroxylation is 4. The minimum atomic E-state index is -0.638. The third-order valence-electron chi connectivity index (χ3n) is 16.7. The second kappa shape index (κ2) is 18.5. The fraction of sp³-hybridized carbons (Fsp3) is 0.0649. The summed E-state index contributed by atoms with van der Waals surface area (Å²) in [5.74, 6) is 0. The van der Waals surface area contributed by atoms with Gasteiger partial charge in [-0.1, -0.05) is 265 Å². The van der Waals surface area contributed by atoms with Crippen molar-refractivity contribution in [2.45, 2.75) is 33.1 Å². The highest BCUT2D eigenvalue weighted by atomic mass is 14.5. The summed E-state index contributed by atoms with van der Waals surface area (Å²) in [6.07, 6.45) is 0. The lowest BCUT2D eigenvalue weighted by molar-refractivity contribution is 0.795. The van der Waals surface area contributed by atoms with E-state index in [2.05, 4.69) is 295 Å². The van der Waals surface area contributed by atoms with Gasteiger partial charge in [0.1, 0.15) is 0 Å². The molecule has 0 N–H and O–H groups in total. The SMILES string of the molecule is Cc1ccc(-c2ccc(-c3ccc4c(c3)C3(c5cc(-c6ccc(-c7ccc(C)cc7)cc6)ccc5-4)c4cc(-c5ccc(-c6ccc(C)cc6)cc5)ccc4-c4ccc(-c5ccc(-c6ccc(C)cc6)cc5)cc43)cc2)cc1. The van der Waals surface area contributed by atoms with Crippen LogP contribution in [0.5, 0.6) is 0 Å². The fourth-order valence-corrected chi connectivity index (χ4v) is 12.4. The lowest BCUT2D eigenvalue weighted by Gasteiger charge is -2.32. The third kappa shape index (κ3) is 7.99. The predicted octanol–water partition coefficient (Wildman–Crippen LogP) is 20.6. The van der Waals surface area contributed by atoms with Crippen molar-refractivity contribution in [3.8, 4) is 111 Å². The Bertz CT molecular complexity index is 3630. The first-order chi connectivity index (χ1) is 37.7. The van der Waals surface area contributed by atoms with Gasteiger partial charge in [-0.15, -0.1) is 0 Å². The summed E-state index contributed by atoms with van der Waals surface area (Å²) in [5, 5.41) is 0. The summed E-state index contributed by atoms with van der Waals surface area (Å²) < 4.78 is 0. The molecule has 2 aliphatic rings. The van der Waals surface area contributed by atoms with Crippen LogP contribution in [0.2, 0.25) is 0 Å². The summed E-state index contributed by atoms with van der Waals surface area (Å²) in [6.45, 7) is 8.58. The van der Waals surface area contributed by atoms with Gasteiger partial charge in [0.05, 0.1) is 5.41 Å². The van der Waals surface area contributed by atoms with Gasteiger partial charge in [-0.3, -0.25) is 0 Å². The zero-order valence-electron chi connectivity index (χ0n) is 43.9. The van der Waals surface area contributed by atoms with Crippen LogP contribution < -0.4 is 0 Å². The molecule has 0 heterocycles. The van der Waals surface area contributed by atoms with Crippen LogP contribution in [0.1, 0.15) is 44.5 Å². The lowest BCUT2D eigenvalue weighted by Crippen LogP contribution is -2.26. The Morgan fingerprint density at radius 2 is 0.286 bits per heavy atom. The Morgan fingerprint density at radius 3 is 0.455 bits per heavy atom. The quantitative estimate of drug-likeness (QED) is 0.142. The van der Waals surface area contributed by atoms with Gasteiger partial charge in [-0.25, -0.2) is 0 Å². The van der Waals surface area contributed by atoms with E-state index in [1.807, 2.05) is 0 Å². The molecule has 12 aromatic rings. The zero-order valence-corrected chi connectivity index (χ0v) is 43.9. The predicted molar refractivity (Wildman–Crippen MR) is 325 cm³/mol. The van der Waals surface area contributed by atoms with Crippen LogP contribution in [0.25, 0.3) is 111 Å². The average Bonchev–Trinajstić information content (AvgIpc) is 3.99. The van der Waals surface area contributed by atoms with Crippen molar-refractivity contribution in [1.82, 2.24) is 0 Å². The number of rotatable bonds is 8. The first-order valence-electron chi connectivity index (χ1n) is 27.0. The smallest absolute Gasteiger partial charge is 0.0587 e. The highest BCUT2D eigenvalue weighted by Crippen LogP contribution is 2.64. The van der Waals surface area contributed by atoms with Crippen molar-refractivity contribution in [3.05, 3.63) is 311 Å². The first-order valence-corrected chi connectivity index (χ1v) is 27.0. The maximum absolute atomic E-state index is 2.53. The van der Waals surface area contributed by atoms with E-state index in [4.69, 9.17) is 0 Å². The van der Waals surface area contributed by atoms with Gasteiger partial charge < -0.3 is 0 Å². The number of hydrogen-bond acceptors (Lipinski definition) is 0. The van der Waals surface area contributed by atoms with Crippen LogP contribution in [0.4, 0.5) is 0 Å². The molecule has 0 radical (unpaired) electrons. The molecule has 12 aromatic carbocycles. The molecule has 0 amide bonds. The first kappa shape index (κ1) is 46.2. The summed E-state index contributed by atoms with van der Waals surface area (Å²) in [4.78, 5) is 0. The Hall–Kier alpha value is -9.36. The molecule has 0 saturated carbocycles. The van der Waals surface area contributed by atoms with Crippen molar-refractivity contribution in [2.24, 2.45) is 0 Å². The molecule has 77 heavy (non-hydrogen) atoms. The van der Waals surface area contributed by atoms with E-state index in [0.29, 0.717) is 0 Å². The number of fused-ring (bicyclic) bond motifs is 10. The van der Waals surface area contributed by atoms with Gasteiger partial charge in [0.25, 0.3) is 0 Å². The van der Waals surface area contributed by atoms with Gasteiger partial charge in [0.15, 0.2) is 0 Å². The molecule has 0 aliphatic heterocycles. The molecule has 0 nitrogen and oxygen atoms in total. The molecule has 364 valence electrons. The van der Waals surface area contributed by atoms with Crippen LogP contribution >= 0.6 is 0 Å². The van der Waals surface area contributed by atoms with Gasteiger partial charge in [-0.2, -0.15) is 0 Å². The van der Waals surface area contributed by atoms with Crippen molar-refractivity contribution < 1.29 is 0 Å². The Balaban J connectivity index is 0.973. The lowest BCUT2D eigenvalue weighted by atomic mass is 9.69. The minimum absolute atomic E-state index is 0.638. The fourth-order valence-electron chi connectivity index (χ4n) is 12.4. The van der Waals surface area contributed by atoms with E-state index in [0.717, 1.165) is 0 Å². The van der Waals surface area contributed by atoms with Crippen LogP contribution in [0.3, 0.4) is 0 Å². The average molecular weight is 981 g/mol. The normalized spacial score (nSPS) is 12.5. The second-order valence-corrected chi connectivity index (χ2v) is 21.6. The molecular weight excluding hydrogens is 925 g/mol. The Labute approximate surface area is 453 Å². The Kier molecular flexibility index (Phi) is 11.1. The van der Waals surface area contributed by atoms with Crippen LogP contribution in [0.15, 0.2) is 267 Å². The highest BCUT2D eigenvalue weighted by molar-refractivity contribution is 5.99. The largest absolute Gasteiger partial charge is 0.0726 e. The minimum Gasteiger partial charge on any atom is -0.0587 e. The molecule has 2 aliphatic carbocycles. The van der Waals surface area contributed by atoms with Crippen LogP contribution in [-0.2, 0) is 5.41 Å². The number of hydrogen-bond donors (Lipinski definition) is 0. The topological polar surface area (TPSA) is 0 Å². The Morgan fingerprint density at radius 1 is 0.156 bits per heavy atom. The van der Waals surface area contributed by atoms with Gasteiger partial charge in [0, 0.05) is 0 Å². The maximum atomic E-state index is 2.53. The van der Waals surface area contributed by atoms with Crippen molar-refractivity contribution in [2.75, 3.05) is 0 Å². The molecule has 0 bridgehead atoms. The highest BCUT2D eigenvalue weighted by Gasteiger charge is 2.52.